The van der Waals surface area contributed by atoms with Crippen molar-refractivity contribution in [2.45, 2.75) is 26.6 Å². The minimum atomic E-state index is -4.56. The van der Waals surface area contributed by atoms with Crippen LogP contribution in [0.4, 0.5) is 46.7 Å². The molecule has 0 fully saturated rings. The molecule has 5 rings (SSSR count). The number of nitrogens with one attached hydrogen (secondary N) is 3. The van der Waals surface area contributed by atoms with Crippen LogP contribution in [0.2, 0.25) is 0 Å². The number of urea groups is 1. The highest BCUT2D eigenvalue weighted by molar-refractivity contribution is 6.07. The standard InChI is InChI=1S/C27H22F3N7O2/c1-15-6-7-20(34-25(38)17-4-3-5-19(10-17)27(28,29)30)11-21(15)37-14-18-12-33-24(16(2)23(18)36-26(37)39)35-22-13-31-8-9-32-22/h3-13H,14H2,1-2H3,(H,34,38)(H,36,39)(H,32,33,35). The quantitative estimate of drug-likeness (QED) is 0.288. The number of fused-ring (bicyclic) bond motifs is 1. The number of halogens is 3. The summed E-state index contributed by atoms with van der Waals surface area (Å²) in [5, 5.41) is 8.62. The number of hydrogen-bond acceptors (Lipinski definition) is 6. The second-order valence-electron chi connectivity index (χ2n) is 8.90. The van der Waals surface area contributed by atoms with E-state index in [1.807, 2.05) is 13.8 Å². The number of benzene rings is 2. The van der Waals surface area contributed by atoms with Crippen LogP contribution in [0.15, 0.2) is 67.3 Å². The van der Waals surface area contributed by atoms with Gasteiger partial charge in [-0.25, -0.2) is 14.8 Å². The minimum absolute atomic E-state index is 0.135. The number of amides is 3. The maximum atomic E-state index is 13.2. The maximum absolute atomic E-state index is 13.2. The van der Waals surface area contributed by atoms with Crippen LogP contribution in [0.1, 0.15) is 32.6 Å². The number of rotatable bonds is 5. The Morgan fingerprint density at radius 1 is 1.05 bits per heavy atom. The second-order valence-corrected chi connectivity index (χ2v) is 8.90. The predicted molar refractivity (Wildman–Crippen MR) is 140 cm³/mol. The van der Waals surface area contributed by atoms with E-state index in [1.54, 1.807) is 43.0 Å². The summed E-state index contributed by atoms with van der Waals surface area (Å²) in [6.45, 7) is 3.86. The summed E-state index contributed by atoms with van der Waals surface area (Å²) in [6.07, 6.45) is 1.75. The number of pyridine rings is 1. The third-order valence-electron chi connectivity index (χ3n) is 6.23. The van der Waals surface area contributed by atoms with Crippen molar-refractivity contribution in [3.8, 4) is 0 Å². The van der Waals surface area contributed by atoms with E-state index in [4.69, 9.17) is 0 Å². The van der Waals surface area contributed by atoms with Crippen LogP contribution in [-0.4, -0.2) is 26.9 Å². The largest absolute Gasteiger partial charge is 0.416 e. The second kappa shape index (κ2) is 10.0. The Balaban J connectivity index is 1.38. The van der Waals surface area contributed by atoms with Gasteiger partial charge in [0.05, 0.1) is 29.7 Å². The van der Waals surface area contributed by atoms with Gasteiger partial charge in [-0.15, -0.1) is 0 Å². The first-order chi connectivity index (χ1) is 18.6. The zero-order valence-electron chi connectivity index (χ0n) is 20.8. The lowest BCUT2D eigenvalue weighted by Gasteiger charge is -2.31. The first-order valence-electron chi connectivity index (χ1n) is 11.8. The van der Waals surface area contributed by atoms with Crippen molar-refractivity contribution in [3.63, 3.8) is 0 Å². The minimum Gasteiger partial charge on any atom is -0.323 e. The Hall–Kier alpha value is -5.00. The van der Waals surface area contributed by atoms with E-state index in [9.17, 15) is 22.8 Å². The van der Waals surface area contributed by atoms with E-state index >= 15 is 0 Å². The molecule has 12 heteroatoms. The first-order valence-corrected chi connectivity index (χ1v) is 11.8. The van der Waals surface area contributed by atoms with Gasteiger partial charge >= 0.3 is 12.2 Å². The molecule has 3 heterocycles. The topological polar surface area (TPSA) is 112 Å². The fourth-order valence-corrected chi connectivity index (χ4v) is 4.20. The molecule has 2 aromatic heterocycles. The summed E-state index contributed by atoms with van der Waals surface area (Å²) in [7, 11) is 0. The molecule has 0 radical (unpaired) electrons. The van der Waals surface area contributed by atoms with Gasteiger partial charge in [0.25, 0.3) is 5.91 Å². The zero-order chi connectivity index (χ0) is 27.7. The lowest BCUT2D eigenvalue weighted by molar-refractivity contribution is -0.137. The molecule has 0 unspecified atom stereocenters. The Morgan fingerprint density at radius 3 is 2.62 bits per heavy atom. The predicted octanol–water partition coefficient (Wildman–Crippen LogP) is 6.06. The molecule has 0 bridgehead atoms. The van der Waals surface area contributed by atoms with Crippen LogP contribution < -0.4 is 20.9 Å². The van der Waals surface area contributed by atoms with E-state index < -0.39 is 17.6 Å². The Kier molecular flexibility index (Phi) is 6.60. The van der Waals surface area contributed by atoms with Crippen LogP contribution in [0, 0.1) is 13.8 Å². The van der Waals surface area contributed by atoms with Crippen molar-refractivity contribution in [2.24, 2.45) is 0 Å². The number of aryl methyl sites for hydroxylation is 1. The number of aromatic nitrogens is 3. The number of nitrogens with zero attached hydrogens (tertiary/aromatic N) is 4. The van der Waals surface area contributed by atoms with Crippen LogP contribution in [0.3, 0.4) is 0 Å². The smallest absolute Gasteiger partial charge is 0.323 e. The van der Waals surface area contributed by atoms with Gasteiger partial charge in [0, 0.05) is 41.0 Å². The average Bonchev–Trinajstić information content (AvgIpc) is 2.92. The van der Waals surface area contributed by atoms with E-state index in [-0.39, 0.29) is 18.1 Å². The molecule has 2 aromatic carbocycles. The van der Waals surface area contributed by atoms with Gasteiger partial charge in [-0.3, -0.25) is 14.7 Å². The molecule has 1 aliphatic heterocycles. The van der Waals surface area contributed by atoms with E-state index in [0.717, 1.165) is 28.8 Å². The van der Waals surface area contributed by atoms with Crippen molar-refractivity contribution in [1.29, 1.82) is 0 Å². The van der Waals surface area contributed by atoms with Crippen molar-refractivity contribution in [2.75, 3.05) is 20.9 Å². The summed E-state index contributed by atoms with van der Waals surface area (Å²) in [5.74, 6) is 0.335. The fraction of sp³-hybridized carbons (Fsp3) is 0.148. The molecule has 4 aromatic rings. The SMILES string of the molecule is Cc1ccc(NC(=O)c2cccc(C(F)(F)F)c2)cc1N1Cc2cnc(Nc3cnccn3)c(C)c2NC1=O. The van der Waals surface area contributed by atoms with Gasteiger partial charge in [-0.1, -0.05) is 12.1 Å². The lowest BCUT2D eigenvalue weighted by Crippen LogP contribution is -2.39. The Morgan fingerprint density at radius 2 is 1.87 bits per heavy atom. The van der Waals surface area contributed by atoms with Gasteiger partial charge in [-0.05, 0) is 49.7 Å². The van der Waals surface area contributed by atoms with Crippen molar-refractivity contribution in [3.05, 3.63) is 95.1 Å². The van der Waals surface area contributed by atoms with Crippen molar-refractivity contribution < 1.29 is 22.8 Å². The van der Waals surface area contributed by atoms with Crippen LogP contribution in [-0.2, 0) is 12.7 Å². The highest BCUT2D eigenvalue weighted by Crippen LogP contribution is 2.35. The van der Waals surface area contributed by atoms with E-state index in [0.29, 0.717) is 28.7 Å². The van der Waals surface area contributed by atoms with E-state index in [1.165, 1.54) is 17.0 Å². The summed E-state index contributed by atoms with van der Waals surface area (Å²) in [5.41, 5.74) is 2.69. The van der Waals surface area contributed by atoms with Crippen LogP contribution in [0.25, 0.3) is 0 Å². The summed E-state index contributed by atoms with van der Waals surface area (Å²) < 4.78 is 39.2. The van der Waals surface area contributed by atoms with Gasteiger partial charge in [-0.2, -0.15) is 13.2 Å². The Bertz CT molecular complexity index is 1580. The van der Waals surface area contributed by atoms with Gasteiger partial charge < -0.3 is 16.0 Å². The number of carbonyl (C=O) groups excluding carboxylic acids is 2. The van der Waals surface area contributed by atoms with Crippen LogP contribution >= 0.6 is 0 Å². The molecular weight excluding hydrogens is 511 g/mol. The first kappa shape index (κ1) is 25.6. The molecule has 0 atom stereocenters. The molecule has 198 valence electrons. The maximum Gasteiger partial charge on any atom is 0.416 e. The molecule has 3 amide bonds. The normalized spacial score (nSPS) is 12.9. The number of hydrogen-bond donors (Lipinski definition) is 3. The average molecular weight is 534 g/mol. The highest BCUT2D eigenvalue weighted by atomic mass is 19.4. The number of alkyl halides is 3. The van der Waals surface area contributed by atoms with Crippen molar-refractivity contribution in [1.82, 2.24) is 15.0 Å². The molecule has 0 saturated heterocycles. The zero-order valence-corrected chi connectivity index (χ0v) is 20.8. The molecule has 1 aliphatic rings. The molecule has 0 spiro atoms. The third kappa shape index (κ3) is 5.35. The molecule has 39 heavy (non-hydrogen) atoms. The molecular formula is C27H22F3N7O2. The highest BCUT2D eigenvalue weighted by Gasteiger charge is 2.31. The van der Waals surface area contributed by atoms with Crippen LogP contribution in [0.5, 0.6) is 0 Å². The number of anilines is 5. The molecule has 0 saturated carbocycles. The van der Waals surface area contributed by atoms with Gasteiger partial charge in [0.15, 0.2) is 0 Å². The lowest BCUT2D eigenvalue weighted by atomic mass is 10.1. The Labute approximate surface area is 221 Å². The molecule has 9 nitrogen and oxygen atoms in total. The number of carbonyl (C=O) groups is 2. The van der Waals surface area contributed by atoms with E-state index in [2.05, 4.69) is 30.9 Å². The molecule has 3 N–H and O–H groups in total. The van der Waals surface area contributed by atoms with Crippen molar-refractivity contribution >= 4 is 40.6 Å². The summed E-state index contributed by atoms with van der Waals surface area (Å²) in [4.78, 5) is 40.1. The third-order valence-corrected chi connectivity index (χ3v) is 6.23. The van der Waals surface area contributed by atoms with Gasteiger partial charge in [0.2, 0.25) is 0 Å². The van der Waals surface area contributed by atoms with Gasteiger partial charge in [0.1, 0.15) is 11.6 Å². The summed E-state index contributed by atoms with van der Waals surface area (Å²) >= 11 is 0. The summed E-state index contributed by atoms with van der Waals surface area (Å²) in [6, 6.07) is 8.74. The molecule has 0 aliphatic carbocycles. The fourth-order valence-electron chi connectivity index (χ4n) is 4.20. The monoisotopic (exact) mass is 533 g/mol.